The molecule has 1 N–H and O–H groups in total. The van der Waals surface area contributed by atoms with Crippen LogP contribution in [-0.4, -0.2) is 45.3 Å². The van der Waals surface area contributed by atoms with Gasteiger partial charge in [-0.2, -0.15) is 0 Å². The quantitative estimate of drug-likeness (QED) is 0.374. The van der Waals surface area contributed by atoms with Crippen molar-refractivity contribution in [2.24, 2.45) is 0 Å². The fourth-order valence-corrected chi connectivity index (χ4v) is 5.67. The van der Waals surface area contributed by atoms with Gasteiger partial charge in [-0.15, -0.1) is 0 Å². The number of aromatic nitrogens is 1. The number of halogens is 1. The molecule has 1 saturated heterocycles. The predicted molar refractivity (Wildman–Crippen MR) is 151 cm³/mol. The van der Waals surface area contributed by atoms with Crippen molar-refractivity contribution in [3.63, 3.8) is 0 Å². The van der Waals surface area contributed by atoms with Crippen molar-refractivity contribution in [3.05, 3.63) is 58.9 Å². The highest BCUT2D eigenvalue weighted by atomic mass is 19.1. The van der Waals surface area contributed by atoms with Crippen LogP contribution < -0.4 is 5.48 Å². The Labute approximate surface area is 238 Å². The number of nitrogens with zero attached hydrogens (tertiary/aromatic N) is 2. The van der Waals surface area contributed by atoms with E-state index in [4.69, 9.17) is 14.3 Å². The average Bonchev–Trinajstić information content (AvgIpc) is 3.35. The molecule has 0 radical (unpaired) electrons. The standard InChI is InChI=1S/C31H36FN3O6/c1-29(2,3)40-27(37)34-14-8-13-31(34,7)19-11-9-18(10-12-19)25-22-17-39-33-26(36)21-15-20(32)16-23(24(21)22)35(25)28(38)41-30(4,5)6/h9-12,15-16H,8,13-14,17H2,1-7H3,(H,33,36)/t31-/m0/s1. The number of carbonyl (C=O) groups is 3. The van der Waals surface area contributed by atoms with Crippen LogP contribution >= 0.6 is 0 Å². The molecule has 2 amide bonds. The van der Waals surface area contributed by atoms with E-state index in [1.54, 1.807) is 25.7 Å². The number of amides is 2. The summed E-state index contributed by atoms with van der Waals surface area (Å²) < 4.78 is 27.5. The Morgan fingerprint density at radius 1 is 1.00 bits per heavy atom. The van der Waals surface area contributed by atoms with Crippen LogP contribution in [0.2, 0.25) is 0 Å². The highest BCUT2D eigenvalue weighted by molar-refractivity contribution is 6.12. The first-order valence-corrected chi connectivity index (χ1v) is 13.7. The normalized spacial score (nSPS) is 19.2. The third-order valence-corrected chi connectivity index (χ3v) is 7.37. The topological polar surface area (TPSA) is 99.1 Å². The summed E-state index contributed by atoms with van der Waals surface area (Å²) in [5.74, 6) is -1.27. The number of hydrogen-bond acceptors (Lipinski definition) is 6. The Hall–Kier alpha value is -3.92. The molecule has 41 heavy (non-hydrogen) atoms. The van der Waals surface area contributed by atoms with Crippen molar-refractivity contribution in [2.75, 3.05) is 6.54 Å². The smallest absolute Gasteiger partial charge is 0.419 e. The van der Waals surface area contributed by atoms with Gasteiger partial charge in [0.15, 0.2) is 0 Å². The minimum absolute atomic E-state index is 0.0438. The van der Waals surface area contributed by atoms with Crippen LogP contribution in [0.5, 0.6) is 0 Å². The second-order valence-corrected chi connectivity index (χ2v) is 12.8. The maximum absolute atomic E-state index is 14.8. The van der Waals surface area contributed by atoms with Gasteiger partial charge in [0, 0.05) is 17.5 Å². The van der Waals surface area contributed by atoms with E-state index in [2.05, 4.69) is 5.48 Å². The van der Waals surface area contributed by atoms with Crippen molar-refractivity contribution < 1.29 is 33.1 Å². The summed E-state index contributed by atoms with van der Waals surface area (Å²) in [7, 11) is 0. The number of likely N-dealkylation sites (tertiary alicyclic amines) is 1. The molecule has 2 aliphatic rings. The molecule has 3 heterocycles. The fraction of sp³-hybridized carbons (Fsp3) is 0.452. The van der Waals surface area contributed by atoms with Crippen molar-refractivity contribution in [2.45, 2.75) is 84.7 Å². The van der Waals surface area contributed by atoms with Gasteiger partial charge < -0.3 is 9.47 Å². The van der Waals surface area contributed by atoms with Crippen molar-refractivity contribution >= 4 is 29.0 Å². The van der Waals surface area contributed by atoms with Crippen LogP contribution in [0.15, 0.2) is 36.4 Å². The highest BCUT2D eigenvalue weighted by Crippen LogP contribution is 2.42. The summed E-state index contributed by atoms with van der Waals surface area (Å²) >= 11 is 0. The lowest BCUT2D eigenvalue weighted by Gasteiger charge is -2.37. The fourth-order valence-electron chi connectivity index (χ4n) is 5.67. The van der Waals surface area contributed by atoms with Gasteiger partial charge >= 0.3 is 12.2 Å². The monoisotopic (exact) mass is 565 g/mol. The van der Waals surface area contributed by atoms with E-state index in [0.717, 1.165) is 24.5 Å². The molecular weight excluding hydrogens is 529 g/mol. The molecule has 3 aromatic rings. The van der Waals surface area contributed by atoms with Crippen molar-refractivity contribution in [3.8, 4) is 11.3 Å². The Bertz CT molecular complexity index is 1550. The average molecular weight is 566 g/mol. The van der Waals surface area contributed by atoms with E-state index in [1.165, 1.54) is 10.6 Å². The zero-order valence-electron chi connectivity index (χ0n) is 24.5. The van der Waals surface area contributed by atoms with E-state index in [-0.39, 0.29) is 23.8 Å². The highest BCUT2D eigenvalue weighted by Gasteiger charge is 2.43. The molecule has 218 valence electrons. The first kappa shape index (κ1) is 28.6. The first-order valence-electron chi connectivity index (χ1n) is 13.7. The molecule has 2 aliphatic heterocycles. The zero-order valence-corrected chi connectivity index (χ0v) is 24.5. The Balaban J connectivity index is 1.65. The van der Waals surface area contributed by atoms with E-state index in [0.29, 0.717) is 28.8 Å². The van der Waals surface area contributed by atoms with E-state index >= 15 is 0 Å². The summed E-state index contributed by atoms with van der Waals surface area (Å²) in [6.45, 7) is 13.3. The predicted octanol–water partition coefficient (Wildman–Crippen LogP) is 6.65. The van der Waals surface area contributed by atoms with Gasteiger partial charge in [-0.05, 0) is 84.6 Å². The first-order chi connectivity index (χ1) is 19.1. The molecule has 10 heteroatoms. The van der Waals surface area contributed by atoms with Crippen LogP contribution in [-0.2, 0) is 26.5 Å². The number of ether oxygens (including phenoxy) is 2. The van der Waals surface area contributed by atoms with Crippen LogP contribution in [0.3, 0.4) is 0 Å². The Morgan fingerprint density at radius 3 is 2.27 bits per heavy atom. The maximum Gasteiger partial charge on any atom is 0.419 e. The zero-order chi connectivity index (χ0) is 29.9. The number of hydrogen-bond donors (Lipinski definition) is 1. The van der Waals surface area contributed by atoms with E-state index in [1.807, 2.05) is 52.0 Å². The lowest BCUT2D eigenvalue weighted by molar-refractivity contribution is 0.00989. The number of benzene rings is 2. The third-order valence-electron chi connectivity index (χ3n) is 7.37. The third kappa shape index (κ3) is 5.28. The number of carbonyl (C=O) groups excluding carboxylic acids is 3. The molecule has 5 rings (SSSR count). The van der Waals surface area contributed by atoms with Crippen molar-refractivity contribution in [1.82, 2.24) is 14.9 Å². The lowest BCUT2D eigenvalue weighted by Crippen LogP contribution is -2.45. The van der Waals surface area contributed by atoms with Gasteiger partial charge in [-0.25, -0.2) is 24.0 Å². The van der Waals surface area contributed by atoms with Gasteiger partial charge in [0.2, 0.25) is 0 Å². The van der Waals surface area contributed by atoms with Gasteiger partial charge in [-0.3, -0.25) is 14.5 Å². The van der Waals surface area contributed by atoms with E-state index in [9.17, 15) is 18.8 Å². The summed E-state index contributed by atoms with van der Waals surface area (Å²) in [5.41, 5.74) is 3.13. The molecule has 0 aliphatic carbocycles. The molecular formula is C31H36FN3O6. The van der Waals surface area contributed by atoms with Gasteiger partial charge in [0.05, 0.1) is 22.3 Å². The summed E-state index contributed by atoms with van der Waals surface area (Å²) in [6.07, 6.45) is 0.529. The summed E-state index contributed by atoms with van der Waals surface area (Å²) in [5, 5.41) is 0.421. The molecule has 1 aromatic heterocycles. The van der Waals surface area contributed by atoms with Gasteiger partial charge in [-0.1, -0.05) is 24.3 Å². The van der Waals surface area contributed by atoms with Crippen molar-refractivity contribution in [1.29, 1.82) is 0 Å². The number of hydroxylamine groups is 1. The molecule has 9 nitrogen and oxygen atoms in total. The van der Waals surface area contributed by atoms with Gasteiger partial charge in [0.1, 0.15) is 23.6 Å². The Kier molecular flexibility index (Phi) is 6.88. The second kappa shape index (κ2) is 9.87. The summed E-state index contributed by atoms with van der Waals surface area (Å²) in [6, 6.07) is 9.91. The summed E-state index contributed by atoms with van der Waals surface area (Å²) in [4.78, 5) is 46.6. The molecule has 2 aromatic carbocycles. The number of nitrogens with one attached hydrogen (secondary N) is 1. The van der Waals surface area contributed by atoms with Gasteiger partial charge in [0.25, 0.3) is 5.91 Å². The second-order valence-electron chi connectivity index (χ2n) is 12.8. The minimum Gasteiger partial charge on any atom is -0.444 e. The number of rotatable bonds is 2. The van der Waals surface area contributed by atoms with Crippen LogP contribution in [0.4, 0.5) is 14.0 Å². The SMILES string of the molecule is CC(C)(C)OC(=O)N1CCC[C@@]1(C)c1ccc(-c2c3c4c(cc(F)cc4n2C(=O)OC(C)(C)C)C(=O)NOC3)cc1. The Morgan fingerprint density at radius 2 is 1.63 bits per heavy atom. The molecule has 0 bridgehead atoms. The molecule has 1 fully saturated rings. The maximum atomic E-state index is 14.8. The molecule has 0 spiro atoms. The van der Waals surface area contributed by atoms with Crippen LogP contribution in [0, 0.1) is 5.82 Å². The van der Waals surface area contributed by atoms with Crippen LogP contribution in [0.25, 0.3) is 22.2 Å². The molecule has 0 saturated carbocycles. The van der Waals surface area contributed by atoms with Crippen LogP contribution in [0.1, 0.15) is 82.8 Å². The minimum atomic E-state index is -0.821. The van der Waals surface area contributed by atoms with E-state index < -0.39 is 34.6 Å². The molecule has 1 atom stereocenters. The lowest BCUT2D eigenvalue weighted by atomic mass is 9.88. The molecule has 0 unspecified atom stereocenters. The largest absolute Gasteiger partial charge is 0.444 e.